The summed E-state index contributed by atoms with van der Waals surface area (Å²) in [6, 6.07) is 7.81. The molecule has 110 valence electrons. The summed E-state index contributed by atoms with van der Waals surface area (Å²) < 4.78 is 0. The minimum atomic E-state index is 0.228. The molecule has 1 aliphatic heterocycles. The summed E-state index contributed by atoms with van der Waals surface area (Å²) >= 11 is 0. The van der Waals surface area contributed by atoms with E-state index in [0.717, 1.165) is 48.5 Å². The van der Waals surface area contributed by atoms with E-state index >= 15 is 0 Å². The molecule has 0 unspecified atom stereocenters. The third kappa shape index (κ3) is 3.12. The standard InChI is InChI=1S/C16H20N4O/c1-12-16(19-14-7-3-2-6-13(14)18-12)17-9-8-15(21)20-10-4-5-11-20/h2-3,6-7H,4-5,8-11H2,1H3,(H,17,19). The molecule has 5 heteroatoms. The van der Waals surface area contributed by atoms with Crippen molar-refractivity contribution in [2.75, 3.05) is 25.0 Å². The topological polar surface area (TPSA) is 58.1 Å². The van der Waals surface area contributed by atoms with E-state index in [4.69, 9.17) is 0 Å². The molecule has 1 aromatic heterocycles. The maximum Gasteiger partial charge on any atom is 0.224 e. The quantitative estimate of drug-likeness (QED) is 0.936. The Kier molecular flexibility index (Phi) is 3.99. The van der Waals surface area contributed by atoms with Gasteiger partial charge in [-0.1, -0.05) is 12.1 Å². The number of nitrogens with zero attached hydrogens (tertiary/aromatic N) is 3. The number of amides is 1. The van der Waals surface area contributed by atoms with Crippen LogP contribution in [0.4, 0.5) is 5.82 Å². The summed E-state index contributed by atoms with van der Waals surface area (Å²) in [7, 11) is 0. The molecule has 0 radical (unpaired) electrons. The highest BCUT2D eigenvalue weighted by Crippen LogP contribution is 2.16. The largest absolute Gasteiger partial charge is 0.368 e. The smallest absolute Gasteiger partial charge is 0.224 e. The van der Waals surface area contributed by atoms with Crippen LogP contribution in [0.1, 0.15) is 25.0 Å². The first-order chi connectivity index (χ1) is 10.2. The Labute approximate surface area is 124 Å². The number of aromatic nitrogens is 2. The number of nitrogens with one attached hydrogen (secondary N) is 1. The van der Waals surface area contributed by atoms with Crippen molar-refractivity contribution in [3.63, 3.8) is 0 Å². The van der Waals surface area contributed by atoms with Crippen LogP contribution in [0.5, 0.6) is 0 Å². The first kappa shape index (κ1) is 13.8. The average molecular weight is 284 g/mol. The van der Waals surface area contributed by atoms with Crippen molar-refractivity contribution in [2.24, 2.45) is 0 Å². The molecular weight excluding hydrogens is 264 g/mol. The molecule has 2 heterocycles. The first-order valence-electron chi connectivity index (χ1n) is 7.49. The van der Waals surface area contributed by atoms with Crippen molar-refractivity contribution in [1.82, 2.24) is 14.9 Å². The lowest BCUT2D eigenvalue weighted by molar-refractivity contribution is -0.129. The number of para-hydroxylation sites is 2. The van der Waals surface area contributed by atoms with Gasteiger partial charge in [0.15, 0.2) is 0 Å². The van der Waals surface area contributed by atoms with Gasteiger partial charge in [0.05, 0.1) is 16.7 Å². The maximum atomic E-state index is 12.0. The fourth-order valence-corrected chi connectivity index (χ4v) is 2.67. The molecule has 0 bridgehead atoms. The monoisotopic (exact) mass is 284 g/mol. The summed E-state index contributed by atoms with van der Waals surface area (Å²) in [4.78, 5) is 23.0. The van der Waals surface area contributed by atoms with Crippen LogP contribution in [0, 0.1) is 6.92 Å². The van der Waals surface area contributed by atoms with Gasteiger partial charge >= 0.3 is 0 Å². The lowest BCUT2D eigenvalue weighted by Gasteiger charge is -2.15. The molecule has 2 aromatic rings. The highest BCUT2D eigenvalue weighted by Gasteiger charge is 2.17. The Bertz CT molecular complexity index is 650. The molecule has 0 atom stereocenters. The third-order valence-corrected chi connectivity index (χ3v) is 3.83. The normalized spacial score (nSPS) is 14.6. The predicted molar refractivity (Wildman–Crippen MR) is 83.2 cm³/mol. The molecule has 0 saturated carbocycles. The molecule has 1 saturated heterocycles. The van der Waals surface area contributed by atoms with Crippen LogP contribution in [0.15, 0.2) is 24.3 Å². The van der Waals surface area contributed by atoms with E-state index in [0.29, 0.717) is 13.0 Å². The van der Waals surface area contributed by atoms with E-state index in [-0.39, 0.29) is 5.91 Å². The van der Waals surface area contributed by atoms with Crippen LogP contribution >= 0.6 is 0 Å². The third-order valence-electron chi connectivity index (χ3n) is 3.83. The fraction of sp³-hybridized carbons (Fsp3) is 0.438. The molecule has 1 aliphatic rings. The molecule has 3 rings (SSSR count). The van der Waals surface area contributed by atoms with E-state index in [1.807, 2.05) is 36.1 Å². The summed E-state index contributed by atoms with van der Waals surface area (Å²) in [6.07, 6.45) is 2.77. The van der Waals surface area contributed by atoms with Gasteiger partial charge in [-0.05, 0) is 31.9 Å². The zero-order valence-electron chi connectivity index (χ0n) is 12.3. The first-order valence-corrected chi connectivity index (χ1v) is 7.49. The van der Waals surface area contributed by atoms with Crippen molar-refractivity contribution < 1.29 is 4.79 Å². The maximum absolute atomic E-state index is 12.0. The van der Waals surface area contributed by atoms with Crippen molar-refractivity contribution >= 4 is 22.8 Å². The second-order valence-corrected chi connectivity index (χ2v) is 5.41. The molecule has 1 fully saturated rings. The molecule has 0 spiro atoms. The minimum absolute atomic E-state index is 0.228. The number of fused-ring (bicyclic) bond motifs is 1. The second kappa shape index (κ2) is 6.08. The Morgan fingerprint density at radius 3 is 2.57 bits per heavy atom. The van der Waals surface area contributed by atoms with E-state index in [1.54, 1.807) is 0 Å². The van der Waals surface area contributed by atoms with Crippen molar-refractivity contribution in [3.05, 3.63) is 30.0 Å². The van der Waals surface area contributed by atoms with E-state index in [1.165, 1.54) is 0 Å². The Balaban J connectivity index is 1.62. The summed E-state index contributed by atoms with van der Waals surface area (Å²) in [5.74, 6) is 0.995. The lowest BCUT2D eigenvalue weighted by atomic mass is 10.3. The van der Waals surface area contributed by atoms with E-state index in [2.05, 4.69) is 15.3 Å². The van der Waals surface area contributed by atoms with Crippen molar-refractivity contribution in [1.29, 1.82) is 0 Å². The molecule has 1 aromatic carbocycles. The van der Waals surface area contributed by atoms with Gasteiger partial charge in [0.1, 0.15) is 5.82 Å². The van der Waals surface area contributed by atoms with Crippen molar-refractivity contribution in [2.45, 2.75) is 26.2 Å². The second-order valence-electron chi connectivity index (χ2n) is 5.41. The zero-order chi connectivity index (χ0) is 14.7. The van der Waals surface area contributed by atoms with Crippen LogP contribution in [0.25, 0.3) is 11.0 Å². The van der Waals surface area contributed by atoms with Crippen LogP contribution in [0.2, 0.25) is 0 Å². The number of hydrogen-bond acceptors (Lipinski definition) is 4. The highest BCUT2D eigenvalue weighted by molar-refractivity contribution is 5.78. The number of rotatable bonds is 4. The van der Waals surface area contributed by atoms with Gasteiger partial charge in [0.2, 0.25) is 5.91 Å². The van der Waals surface area contributed by atoms with Crippen molar-refractivity contribution in [3.8, 4) is 0 Å². The average Bonchev–Trinajstić information content (AvgIpc) is 3.02. The Morgan fingerprint density at radius 2 is 1.86 bits per heavy atom. The molecule has 21 heavy (non-hydrogen) atoms. The number of hydrogen-bond donors (Lipinski definition) is 1. The highest BCUT2D eigenvalue weighted by atomic mass is 16.2. The van der Waals surface area contributed by atoms with Crippen LogP contribution in [0.3, 0.4) is 0 Å². The van der Waals surface area contributed by atoms with E-state index < -0.39 is 0 Å². The number of carbonyl (C=O) groups excluding carboxylic acids is 1. The van der Waals surface area contributed by atoms with Gasteiger partial charge in [-0.15, -0.1) is 0 Å². The number of likely N-dealkylation sites (tertiary alicyclic amines) is 1. The molecule has 5 nitrogen and oxygen atoms in total. The van der Waals surface area contributed by atoms with Crippen LogP contribution < -0.4 is 5.32 Å². The van der Waals surface area contributed by atoms with Gasteiger partial charge in [0.25, 0.3) is 0 Å². The molecule has 1 N–H and O–H groups in total. The van der Waals surface area contributed by atoms with Gasteiger partial charge in [-0.25, -0.2) is 9.97 Å². The number of aryl methyl sites for hydroxylation is 1. The van der Waals surface area contributed by atoms with Gasteiger partial charge in [0, 0.05) is 26.1 Å². The molecule has 0 aliphatic carbocycles. The van der Waals surface area contributed by atoms with Gasteiger partial charge in [-0.3, -0.25) is 4.79 Å². The SMILES string of the molecule is Cc1nc2ccccc2nc1NCCC(=O)N1CCCC1. The summed E-state index contributed by atoms with van der Waals surface area (Å²) in [6.45, 7) is 4.36. The van der Waals surface area contributed by atoms with Crippen LogP contribution in [-0.4, -0.2) is 40.4 Å². The number of anilines is 1. The van der Waals surface area contributed by atoms with Crippen LogP contribution in [-0.2, 0) is 4.79 Å². The van der Waals surface area contributed by atoms with Gasteiger partial charge < -0.3 is 10.2 Å². The Hall–Kier alpha value is -2.17. The molecule has 1 amide bonds. The predicted octanol–water partition coefficient (Wildman–Crippen LogP) is 2.36. The molecular formula is C16H20N4O. The zero-order valence-corrected chi connectivity index (χ0v) is 12.3. The fourth-order valence-electron chi connectivity index (χ4n) is 2.67. The number of benzene rings is 1. The Morgan fingerprint density at radius 1 is 1.19 bits per heavy atom. The summed E-state index contributed by atoms with van der Waals surface area (Å²) in [5, 5.41) is 3.24. The lowest BCUT2D eigenvalue weighted by Crippen LogP contribution is -2.29. The van der Waals surface area contributed by atoms with E-state index in [9.17, 15) is 4.79 Å². The minimum Gasteiger partial charge on any atom is -0.368 e. The number of carbonyl (C=O) groups is 1. The summed E-state index contributed by atoms with van der Waals surface area (Å²) in [5.41, 5.74) is 2.63. The van der Waals surface area contributed by atoms with Gasteiger partial charge in [-0.2, -0.15) is 0 Å².